The molecule has 0 bridgehead atoms. The second kappa shape index (κ2) is 3.71. The van der Waals surface area contributed by atoms with E-state index in [2.05, 4.69) is 4.72 Å². The van der Waals surface area contributed by atoms with Gasteiger partial charge in [0.1, 0.15) is 0 Å². The first-order chi connectivity index (χ1) is 7.00. The van der Waals surface area contributed by atoms with E-state index >= 15 is 0 Å². The van der Waals surface area contributed by atoms with Gasteiger partial charge in [0.05, 0.1) is 11.9 Å². The minimum absolute atomic E-state index is 0.280. The molecule has 2 fully saturated rings. The highest BCUT2D eigenvalue weighted by Gasteiger charge is 2.53. The van der Waals surface area contributed by atoms with Crippen LogP contribution in [-0.4, -0.2) is 31.9 Å². The van der Waals surface area contributed by atoms with E-state index in [1.165, 1.54) is 19.8 Å². The Balaban J connectivity index is 1.87. The standard InChI is InChI=1S/C10H19NO3S/c1-8(6-12)15(13,14)11-7-10(4-5-10)9-2-3-9/h8-9,11-12H,2-7H2,1H3. The van der Waals surface area contributed by atoms with Crippen LogP contribution in [0.15, 0.2) is 0 Å². The van der Waals surface area contributed by atoms with E-state index in [9.17, 15) is 8.42 Å². The van der Waals surface area contributed by atoms with Crippen LogP contribution >= 0.6 is 0 Å². The largest absolute Gasteiger partial charge is 0.395 e. The van der Waals surface area contributed by atoms with Crippen LogP contribution in [0.1, 0.15) is 32.6 Å². The summed E-state index contributed by atoms with van der Waals surface area (Å²) >= 11 is 0. The molecule has 0 radical (unpaired) electrons. The Morgan fingerprint density at radius 3 is 2.47 bits per heavy atom. The van der Waals surface area contributed by atoms with Gasteiger partial charge in [-0.05, 0) is 43.9 Å². The Hall–Kier alpha value is -0.130. The van der Waals surface area contributed by atoms with E-state index in [1.54, 1.807) is 0 Å². The second-order valence-electron chi connectivity index (χ2n) is 5.00. The highest BCUT2D eigenvalue weighted by molar-refractivity contribution is 7.90. The van der Waals surface area contributed by atoms with Gasteiger partial charge in [0.15, 0.2) is 0 Å². The first-order valence-electron chi connectivity index (χ1n) is 5.59. The molecule has 1 atom stereocenters. The zero-order chi connectivity index (χ0) is 11.1. The molecule has 15 heavy (non-hydrogen) atoms. The Morgan fingerprint density at radius 1 is 1.47 bits per heavy atom. The summed E-state index contributed by atoms with van der Waals surface area (Å²) in [5.41, 5.74) is 0.280. The molecule has 2 aliphatic carbocycles. The number of nitrogens with one attached hydrogen (secondary N) is 1. The van der Waals surface area contributed by atoms with Gasteiger partial charge in [-0.2, -0.15) is 0 Å². The summed E-state index contributed by atoms with van der Waals surface area (Å²) in [5.74, 6) is 0.754. The van der Waals surface area contributed by atoms with Crippen molar-refractivity contribution in [2.24, 2.45) is 11.3 Å². The topological polar surface area (TPSA) is 66.4 Å². The molecule has 1 unspecified atom stereocenters. The third-order valence-electron chi connectivity index (χ3n) is 3.75. The fourth-order valence-corrected chi connectivity index (χ4v) is 3.04. The van der Waals surface area contributed by atoms with E-state index in [4.69, 9.17) is 5.11 Å². The second-order valence-corrected chi connectivity index (χ2v) is 7.18. The molecule has 0 saturated heterocycles. The van der Waals surface area contributed by atoms with Crippen LogP contribution in [0.2, 0.25) is 0 Å². The smallest absolute Gasteiger partial charge is 0.216 e. The third-order valence-corrected chi connectivity index (χ3v) is 5.50. The van der Waals surface area contributed by atoms with Gasteiger partial charge in [-0.15, -0.1) is 0 Å². The minimum Gasteiger partial charge on any atom is -0.395 e. The van der Waals surface area contributed by atoms with E-state index in [0.717, 1.165) is 18.8 Å². The van der Waals surface area contributed by atoms with Gasteiger partial charge < -0.3 is 5.11 Å². The summed E-state index contributed by atoms with van der Waals surface area (Å²) in [6.45, 7) is 1.79. The van der Waals surface area contributed by atoms with Crippen LogP contribution in [0.3, 0.4) is 0 Å². The fraction of sp³-hybridized carbons (Fsp3) is 1.00. The summed E-state index contributed by atoms with van der Waals surface area (Å²) in [6.07, 6.45) is 4.84. The SMILES string of the molecule is CC(CO)S(=O)(=O)NCC1(C2CC2)CC1. The average Bonchev–Trinajstić information content (AvgIpc) is 3.02. The first-order valence-corrected chi connectivity index (χ1v) is 7.14. The monoisotopic (exact) mass is 233 g/mol. The predicted molar refractivity (Wildman–Crippen MR) is 57.9 cm³/mol. The zero-order valence-corrected chi connectivity index (χ0v) is 9.89. The molecule has 0 amide bonds. The molecule has 0 aromatic carbocycles. The molecular weight excluding hydrogens is 214 g/mol. The number of hydrogen-bond donors (Lipinski definition) is 2. The van der Waals surface area contributed by atoms with Crippen molar-refractivity contribution in [1.82, 2.24) is 4.72 Å². The summed E-state index contributed by atoms with van der Waals surface area (Å²) in [7, 11) is -3.31. The molecule has 2 N–H and O–H groups in total. The van der Waals surface area contributed by atoms with Crippen molar-refractivity contribution >= 4 is 10.0 Å². The molecule has 2 aliphatic rings. The molecule has 0 aromatic rings. The first kappa shape index (κ1) is 11.4. The van der Waals surface area contributed by atoms with E-state index in [0.29, 0.717) is 6.54 Å². The Kier molecular flexibility index (Phi) is 2.81. The van der Waals surface area contributed by atoms with Crippen molar-refractivity contribution in [2.75, 3.05) is 13.2 Å². The summed E-state index contributed by atoms with van der Waals surface area (Å²) in [4.78, 5) is 0. The van der Waals surface area contributed by atoms with Crippen LogP contribution in [0.5, 0.6) is 0 Å². The number of aliphatic hydroxyl groups is 1. The van der Waals surface area contributed by atoms with Crippen molar-refractivity contribution < 1.29 is 13.5 Å². The van der Waals surface area contributed by atoms with Gasteiger partial charge in [-0.3, -0.25) is 0 Å². The van der Waals surface area contributed by atoms with E-state index < -0.39 is 15.3 Å². The van der Waals surface area contributed by atoms with Crippen LogP contribution in [-0.2, 0) is 10.0 Å². The molecule has 2 rings (SSSR count). The number of sulfonamides is 1. The lowest BCUT2D eigenvalue weighted by Crippen LogP contribution is -2.38. The highest BCUT2D eigenvalue weighted by Crippen LogP contribution is 2.60. The van der Waals surface area contributed by atoms with E-state index in [-0.39, 0.29) is 12.0 Å². The molecule has 0 aromatic heterocycles. The molecule has 0 spiro atoms. The van der Waals surface area contributed by atoms with Crippen LogP contribution < -0.4 is 4.72 Å². The highest BCUT2D eigenvalue weighted by atomic mass is 32.2. The molecular formula is C10H19NO3S. The summed E-state index contributed by atoms with van der Waals surface area (Å²) in [6, 6.07) is 0. The normalized spacial score (nSPS) is 26.3. The number of rotatable bonds is 6. The lowest BCUT2D eigenvalue weighted by atomic mass is 10.0. The lowest BCUT2D eigenvalue weighted by molar-refractivity contribution is 0.294. The Morgan fingerprint density at radius 2 is 2.07 bits per heavy atom. The number of aliphatic hydroxyl groups excluding tert-OH is 1. The summed E-state index contributed by atoms with van der Waals surface area (Å²) < 4.78 is 25.9. The van der Waals surface area contributed by atoms with Crippen LogP contribution in [0, 0.1) is 11.3 Å². The predicted octanol–water partition coefficient (Wildman–Crippen LogP) is 0.477. The maximum Gasteiger partial charge on any atom is 0.216 e. The molecule has 5 heteroatoms. The van der Waals surface area contributed by atoms with Gasteiger partial charge >= 0.3 is 0 Å². The summed E-state index contributed by atoms with van der Waals surface area (Å²) in [5, 5.41) is 8.12. The van der Waals surface area contributed by atoms with Crippen LogP contribution in [0.25, 0.3) is 0 Å². The Bertz CT molecular complexity index is 331. The number of hydrogen-bond acceptors (Lipinski definition) is 3. The third kappa shape index (κ3) is 2.34. The van der Waals surface area contributed by atoms with Crippen LogP contribution in [0.4, 0.5) is 0 Å². The molecule has 0 aliphatic heterocycles. The average molecular weight is 233 g/mol. The van der Waals surface area contributed by atoms with Crippen molar-refractivity contribution in [3.63, 3.8) is 0 Å². The maximum absolute atomic E-state index is 11.6. The van der Waals surface area contributed by atoms with Gasteiger partial charge in [-0.25, -0.2) is 13.1 Å². The molecule has 0 heterocycles. The quantitative estimate of drug-likeness (QED) is 0.701. The Labute approximate surface area is 91.1 Å². The zero-order valence-electron chi connectivity index (χ0n) is 9.07. The van der Waals surface area contributed by atoms with Crippen molar-refractivity contribution in [2.45, 2.75) is 37.9 Å². The van der Waals surface area contributed by atoms with Gasteiger partial charge in [0, 0.05) is 6.54 Å². The molecule has 88 valence electrons. The van der Waals surface area contributed by atoms with Gasteiger partial charge in [-0.1, -0.05) is 0 Å². The molecule has 4 nitrogen and oxygen atoms in total. The fourth-order valence-electron chi connectivity index (χ4n) is 2.07. The molecule has 2 saturated carbocycles. The minimum atomic E-state index is -3.31. The lowest BCUT2D eigenvalue weighted by Gasteiger charge is -2.17. The van der Waals surface area contributed by atoms with E-state index in [1.807, 2.05) is 0 Å². The van der Waals surface area contributed by atoms with Gasteiger partial charge in [0.25, 0.3) is 0 Å². The maximum atomic E-state index is 11.6. The van der Waals surface area contributed by atoms with Crippen molar-refractivity contribution in [3.05, 3.63) is 0 Å². The van der Waals surface area contributed by atoms with Gasteiger partial charge in [0.2, 0.25) is 10.0 Å². The van der Waals surface area contributed by atoms with Crippen molar-refractivity contribution in [1.29, 1.82) is 0 Å². The van der Waals surface area contributed by atoms with Crippen molar-refractivity contribution in [3.8, 4) is 0 Å².